The first-order chi connectivity index (χ1) is 13.3. The van der Waals surface area contributed by atoms with Crippen molar-refractivity contribution in [2.24, 2.45) is 5.92 Å². The predicted molar refractivity (Wildman–Crippen MR) is 109 cm³/mol. The fraction of sp³-hybridized carbons (Fsp3) is 0.280. The van der Waals surface area contributed by atoms with Crippen molar-refractivity contribution in [3.63, 3.8) is 0 Å². The summed E-state index contributed by atoms with van der Waals surface area (Å²) in [5, 5.41) is 0. The van der Waals surface area contributed by atoms with Crippen molar-refractivity contribution in [1.82, 2.24) is 0 Å². The van der Waals surface area contributed by atoms with Gasteiger partial charge in [-0.05, 0) is 47.6 Å². The summed E-state index contributed by atoms with van der Waals surface area (Å²) in [5.41, 5.74) is 2.81. The van der Waals surface area contributed by atoms with E-state index in [4.69, 9.17) is 9.47 Å². The lowest BCUT2D eigenvalue weighted by Crippen LogP contribution is -2.35. The minimum atomic E-state index is -0.621. The van der Waals surface area contributed by atoms with Gasteiger partial charge in [0.05, 0.1) is 13.7 Å². The molecule has 1 aliphatic rings. The molecule has 0 N–H and O–H groups in total. The monoisotopic (exact) mass is 358 g/mol. The van der Waals surface area contributed by atoms with Gasteiger partial charge in [0.2, 0.25) is 0 Å². The van der Waals surface area contributed by atoms with E-state index in [9.17, 15) is 0 Å². The lowest BCUT2D eigenvalue weighted by molar-refractivity contribution is -0.0230. The highest BCUT2D eigenvalue weighted by atomic mass is 16.5. The molecule has 138 valence electrons. The van der Waals surface area contributed by atoms with Gasteiger partial charge in [0.15, 0.2) is 0 Å². The lowest BCUT2D eigenvalue weighted by Gasteiger charge is -2.38. The van der Waals surface area contributed by atoms with Gasteiger partial charge in [0.1, 0.15) is 11.4 Å². The van der Waals surface area contributed by atoms with Gasteiger partial charge in [-0.1, -0.05) is 79.2 Å². The third-order valence-electron chi connectivity index (χ3n) is 5.62. The molecule has 0 saturated heterocycles. The second-order valence-corrected chi connectivity index (χ2v) is 7.25. The molecule has 1 fully saturated rings. The Kier molecular flexibility index (Phi) is 5.26. The molecule has 1 saturated carbocycles. The van der Waals surface area contributed by atoms with Crippen LogP contribution in [0.15, 0.2) is 84.9 Å². The molecule has 1 aliphatic carbocycles. The summed E-state index contributed by atoms with van der Waals surface area (Å²) in [6, 6.07) is 29.4. The Bertz CT molecular complexity index is 797. The van der Waals surface area contributed by atoms with Gasteiger partial charge in [-0.2, -0.15) is 0 Å². The van der Waals surface area contributed by atoms with Crippen LogP contribution in [0.5, 0.6) is 5.75 Å². The molecule has 0 amide bonds. The number of hydrogen-bond acceptors (Lipinski definition) is 2. The molecule has 0 radical (unpaired) electrons. The predicted octanol–water partition coefficient (Wildman–Crippen LogP) is 5.80. The van der Waals surface area contributed by atoms with Crippen LogP contribution in [0, 0.1) is 5.92 Å². The van der Waals surface area contributed by atoms with E-state index in [1.165, 1.54) is 19.3 Å². The van der Waals surface area contributed by atoms with Crippen LogP contribution < -0.4 is 4.74 Å². The van der Waals surface area contributed by atoms with Gasteiger partial charge in [-0.25, -0.2) is 0 Å². The van der Waals surface area contributed by atoms with E-state index in [1.54, 1.807) is 7.11 Å². The van der Waals surface area contributed by atoms with E-state index in [0.29, 0.717) is 5.92 Å². The Labute approximate surface area is 161 Å². The van der Waals surface area contributed by atoms with Crippen molar-refractivity contribution in [2.75, 3.05) is 13.7 Å². The Morgan fingerprint density at radius 2 is 1.26 bits per heavy atom. The summed E-state index contributed by atoms with van der Waals surface area (Å²) >= 11 is 0. The van der Waals surface area contributed by atoms with Crippen molar-refractivity contribution in [1.29, 1.82) is 0 Å². The summed E-state index contributed by atoms with van der Waals surface area (Å²) in [7, 11) is 1.70. The van der Waals surface area contributed by atoms with Crippen molar-refractivity contribution in [3.8, 4) is 5.75 Å². The van der Waals surface area contributed by atoms with Gasteiger partial charge in [-0.15, -0.1) is 0 Å². The van der Waals surface area contributed by atoms with Crippen LogP contribution in [0.25, 0.3) is 0 Å². The molecule has 4 rings (SSSR count). The van der Waals surface area contributed by atoms with Gasteiger partial charge >= 0.3 is 0 Å². The largest absolute Gasteiger partial charge is 0.497 e. The lowest BCUT2D eigenvalue weighted by atomic mass is 9.79. The summed E-state index contributed by atoms with van der Waals surface area (Å²) in [6.07, 6.45) is 3.85. The van der Waals surface area contributed by atoms with Gasteiger partial charge in [0, 0.05) is 0 Å². The van der Waals surface area contributed by atoms with E-state index in [2.05, 4.69) is 72.8 Å². The maximum Gasteiger partial charge on any atom is 0.143 e. The molecule has 27 heavy (non-hydrogen) atoms. The summed E-state index contributed by atoms with van der Waals surface area (Å²) in [4.78, 5) is 0. The van der Waals surface area contributed by atoms with Crippen LogP contribution in [-0.2, 0) is 10.3 Å². The average molecular weight is 358 g/mol. The van der Waals surface area contributed by atoms with E-state index in [1.807, 2.05) is 12.1 Å². The second kappa shape index (κ2) is 7.98. The normalized spacial score (nSPS) is 14.6. The van der Waals surface area contributed by atoms with E-state index >= 15 is 0 Å². The zero-order valence-corrected chi connectivity index (χ0v) is 15.8. The fourth-order valence-electron chi connectivity index (χ4n) is 3.82. The van der Waals surface area contributed by atoms with Crippen molar-refractivity contribution < 1.29 is 9.47 Å². The van der Waals surface area contributed by atoms with Crippen LogP contribution in [0.2, 0.25) is 0 Å². The molecule has 2 heteroatoms. The van der Waals surface area contributed by atoms with Crippen LogP contribution in [-0.4, -0.2) is 13.7 Å². The minimum Gasteiger partial charge on any atom is -0.497 e. The van der Waals surface area contributed by atoms with Crippen LogP contribution >= 0.6 is 0 Å². The maximum absolute atomic E-state index is 6.82. The fourth-order valence-corrected chi connectivity index (χ4v) is 3.82. The number of hydrogen-bond donors (Lipinski definition) is 0. The minimum absolute atomic E-state index is 0.621. The molecule has 0 bridgehead atoms. The molecule has 0 unspecified atom stereocenters. The van der Waals surface area contributed by atoms with Crippen molar-refractivity contribution in [3.05, 3.63) is 102 Å². The third kappa shape index (κ3) is 3.50. The second-order valence-electron chi connectivity index (χ2n) is 7.25. The van der Waals surface area contributed by atoms with Gasteiger partial charge in [0.25, 0.3) is 0 Å². The molecule has 0 atom stereocenters. The molecule has 2 nitrogen and oxygen atoms in total. The molecule has 0 spiro atoms. The Balaban J connectivity index is 1.86. The topological polar surface area (TPSA) is 18.5 Å². The first kappa shape index (κ1) is 17.8. The molecular weight excluding hydrogens is 332 g/mol. The Hall–Kier alpha value is -2.58. The quantitative estimate of drug-likeness (QED) is 0.497. The first-order valence-electron chi connectivity index (χ1n) is 9.72. The molecule has 0 heterocycles. The van der Waals surface area contributed by atoms with Crippen molar-refractivity contribution in [2.45, 2.75) is 24.9 Å². The summed E-state index contributed by atoms with van der Waals surface area (Å²) in [6.45, 7) is 0.774. The summed E-state index contributed by atoms with van der Waals surface area (Å²) < 4.78 is 12.2. The Morgan fingerprint density at radius 1 is 0.741 bits per heavy atom. The molecule has 0 aliphatic heterocycles. The zero-order chi connectivity index (χ0) is 18.5. The van der Waals surface area contributed by atoms with E-state index in [0.717, 1.165) is 29.0 Å². The molecule has 0 aromatic heterocycles. The number of methoxy groups -OCH3 is 1. The zero-order valence-electron chi connectivity index (χ0n) is 15.8. The number of rotatable bonds is 7. The Morgan fingerprint density at radius 3 is 1.70 bits per heavy atom. The smallest absolute Gasteiger partial charge is 0.143 e. The molecule has 3 aromatic rings. The standard InChI is InChI=1S/C25H26O2/c1-26-24-17-15-23(16-18-24)25(21-11-4-2-5-12-21,22-13-6-3-7-14-22)27-19-20-9-8-10-20/h2-7,11-18,20H,8-10,19H2,1H3. The highest BCUT2D eigenvalue weighted by Gasteiger charge is 2.38. The molecule has 3 aromatic carbocycles. The van der Waals surface area contributed by atoms with Gasteiger partial charge in [-0.3, -0.25) is 0 Å². The summed E-state index contributed by atoms with van der Waals surface area (Å²) in [5.74, 6) is 1.52. The highest BCUT2D eigenvalue weighted by Crippen LogP contribution is 2.42. The SMILES string of the molecule is COc1ccc(C(OCC2CCC2)(c2ccccc2)c2ccccc2)cc1. The van der Waals surface area contributed by atoms with Crippen LogP contribution in [0.1, 0.15) is 36.0 Å². The maximum atomic E-state index is 6.82. The van der Waals surface area contributed by atoms with Crippen LogP contribution in [0.4, 0.5) is 0 Å². The third-order valence-corrected chi connectivity index (χ3v) is 5.62. The van der Waals surface area contributed by atoms with Gasteiger partial charge < -0.3 is 9.47 Å². The van der Waals surface area contributed by atoms with Crippen molar-refractivity contribution >= 4 is 0 Å². The molecular formula is C25H26O2. The van der Waals surface area contributed by atoms with Crippen LogP contribution in [0.3, 0.4) is 0 Å². The average Bonchev–Trinajstić information content (AvgIpc) is 2.71. The number of ether oxygens (including phenoxy) is 2. The first-order valence-corrected chi connectivity index (χ1v) is 9.72. The number of benzene rings is 3. The van der Waals surface area contributed by atoms with E-state index < -0.39 is 5.60 Å². The van der Waals surface area contributed by atoms with E-state index in [-0.39, 0.29) is 0 Å². The highest BCUT2D eigenvalue weighted by molar-refractivity contribution is 5.48.